The summed E-state index contributed by atoms with van der Waals surface area (Å²) in [5.74, 6) is -0.886. The number of halogens is 1. The molecule has 0 aromatic heterocycles. The van der Waals surface area contributed by atoms with E-state index in [0.717, 1.165) is 13.0 Å². The van der Waals surface area contributed by atoms with E-state index in [-0.39, 0.29) is 12.3 Å². The normalized spacial score (nSPS) is 30.1. The van der Waals surface area contributed by atoms with Gasteiger partial charge in [-0.1, -0.05) is 0 Å². The number of rotatable bonds is 3. The zero-order chi connectivity index (χ0) is 8.97. The van der Waals surface area contributed by atoms with Gasteiger partial charge in [-0.3, -0.25) is 4.79 Å². The van der Waals surface area contributed by atoms with E-state index in [1.807, 2.05) is 0 Å². The van der Waals surface area contributed by atoms with E-state index in [4.69, 9.17) is 5.11 Å². The van der Waals surface area contributed by atoms with Crippen LogP contribution in [0.2, 0.25) is 0 Å². The largest absolute Gasteiger partial charge is 0.481 e. The zero-order valence-electron chi connectivity index (χ0n) is 6.92. The van der Waals surface area contributed by atoms with E-state index >= 15 is 0 Å². The molecule has 3 nitrogen and oxygen atoms in total. The number of carboxylic acid groups (broad SMARTS) is 1. The molecule has 0 aromatic rings. The number of nitrogens with one attached hydrogen (secondary N) is 1. The highest BCUT2D eigenvalue weighted by molar-refractivity contribution is 5.66. The van der Waals surface area contributed by atoms with Crippen molar-refractivity contribution in [1.29, 1.82) is 0 Å². The van der Waals surface area contributed by atoms with Gasteiger partial charge in [0.2, 0.25) is 0 Å². The first-order chi connectivity index (χ1) is 5.70. The van der Waals surface area contributed by atoms with Crippen LogP contribution in [0.15, 0.2) is 0 Å². The molecule has 0 aromatic carbocycles. The van der Waals surface area contributed by atoms with Gasteiger partial charge in [0.1, 0.15) is 6.17 Å². The van der Waals surface area contributed by atoms with Crippen molar-refractivity contribution in [2.45, 2.75) is 25.4 Å². The molecule has 1 rings (SSSR count). The molecule has 70 valence electrons. The van der Waals surface area contributed by atoms with Crippen LogP contribution in [-0.4, -0.2) is 30.3 Å². The van der Waals surface area contributed by atoms with Crippen LogP contribution in [0.3, 0.4) is 0 Å². The Bertz CT molecular complexity index is 163. The second-order valence-electron chi connectivity index (χ2n) is 3.20. The van der Waals surface area contributed by atoms with Crippen molar-refractivity contribution >= 4 is 5.97 Å². The molecule has 4 heteroatoms. The number of aliphatic carboxylic acids is 1. The lowest BCUT2D eigenvalue weighted by molar-refractivity contribution is -0.137. The van der Waals surface area contributed by atoms with Gasteiger partial charge in [-0.05, 0) is 25.3 Å². The van der Waals surface area contributed by atoms with Gasteiger partial charge in [-0.2, -0.15) is 0 Å². The number of carbonyl (C=O) groups is 1. The Morgan fingerprint density at radius 2 is 2.42 bits per heavy atom. The summed E-state index contributed by atoms with van der Waals surface area (Å²) < 4.78 is 13.0. The minimum absolute atomic E-state index is 0.0534. The second-order valence-corrected chi connectivity index (χ2v) is 3.20. The first-order valence-electron chi connectivity index (χ1n) is 4.26. The van der Waals surface area contributed by atoms with E-state index < -0.39 is 12.1 Å². The number of alkyl halides is 1. The molecule has 1 aliphatic heterocycles. The summed E-state index contributed by atoms with van der Waals surface area (Å²) in [5, 5.41) is 11.3. The SMILES string of the molecule is O=C(O)CC[C@@H]1CCNC[C@H]1F. The lowest BCUT2D eigenvalue weighted by Crippen LogP contribution is -2.38. The Labute approximate surface area is 71.0 Å². The maximum absolute atomic E-state index is 13.0. The van der Waals surface area contributed by atoms with Crippen LogP contribution in [0, 0.1) is 5.92 Å². The standard InChI is InChI=1S/C8H14FNO2/c9-7-5-10-4-3-6(7)1-2-8(11)12/h6-7,10H,1-5H2,(H,11,12)/t6-,7-/m1/s1. The van der Waals surface area contributed by atoms with Crippen LogP contribution >= 0.6 is 0 Å². The minimum atomic E-state index is -0.863. The summed E-state index contributed by atoms with van der Waals surface area (Å²) in [7, 11) is 0. The number of piperidine rings is 1. The third kappa shape index (κ3) is 2.77. The van der Waals surface area contributed by atoms with Gasteiger partial charge in [0.15, 0.2) is 0 Å². The van der Waals surface area contributed by atoms with Crippen LogP contribution in [0.5, 0.6) is 0 Å². The molecule has 1 fully saturated rings. The third-order valence-electron chi connectivity index (χ3n) is 2.27. The number of hydrogen-bond acceptors (Lipinski definition) is 2. The topological polar surface area (TPSA) is 49.3 Å². The third-order valence-corrected chi connectivity index (χ3v) is 2.27. The zero-order valence-corrected chi connectivity index (χ0v) is 6.92. The van der Waals surface area contributed by atoms with Gasteiger partial charge >= 0.3 is 5.97 Å². The van der Waals surface area contributed by atoms with Crippen LogP contribution in [0.25, 0.3) is 0 Å². The molecule has 0 amide bonds. The first-order valence-corrected chi connectivity index (χ1v) is 4.26. The fraction of sp³-hybridized carbons (Fsp3) is 0.875. The van der Waals surface area contributed by atoms with Gasteiger partial charge < -0.3 is 10.4 Å². The summed E-state index contributed by atoms with van der Waals surface area (Å²) in [6.45, 7) is 1.19. The number of carboxylic acids is 1. The molecule has 0 aliphatic carbocycles. The average molecular weight is 175 g/mol. The lowest BCUT2D eigenvalue weighted by Gasteiger charge is -2.25. The summed E-state index contributed by atoms with van der Waals surface area (Å²) in [6.07, 6.45) is 0.454. The second kappa shape index (κ2) is 4.40. The van der Waals surface area contributed by atoms with Crippen LogP contribution in [-0.2, 0) is 4.79 Å². The van der Waals surface area contributed by atoms with Crippen molar-refractivity contribution in [3.63, 3.8) is 0 Å². The summed E-state index contributed by atoms with van der Waals surface area (Å²) in [5.41, 5.74) is 0. The molecule has 0 unspecified atom stereocenters. The van der Waals surface area contributed by atoms with Crippen LogP contribution in [0.1, 0.15) is 19.3 Å². The van der Waals surface area contributed by atoms with Gasteiger partial charge in [0.25, 0.3) is 0 Å². The fourth-order valence-corrected chi connectivity index (χ4v) is 1.51. The Morgan fingerprint density at radius 3 is 3.00 bits per heavy atom. The van der Waals surface area contributed by atoms with Gasteiger partial charge in [0.05, 0.1) is 0 Å². The molecule has 0 spiro atoms. The molecule has 1 heterocycles. The van der Waals surface area contributed by atoms with Crippen molar-refractivity contribution < 1.29 is 14.3 Å². The Morgan fingerprint density at radius 1 is 1.67 bits per heavy atom. The maximum Gasteiger partial charge on any atom is 0.303 e. The highest BCUT2D eigenvalue weighted by atomic mass is 19.1. The highest BCUT2D eigenvalue weighted by Gasteiger charge is 2.24. The monoisotopic (exact) mass is 175 g/mol. The summed E-state index contributed by atoms with van der Waals surface area (Å²) >= 11 is 0. The Hall–Kier alpha value is -0.640. The lowest BCUT2D eigenvalue weighted by atomic mass is 9.91. The van der Waals surface area contributed by atoms with E-state index in [1.165, 1.54) is 0 Å². The number of hydrogen-bond donors (Lipinski definition) is 2. The van der Waals surface area contributed by atoms with Gasteiger partial charge in [-0.15, -0.1) is 0 Å². The average Bonchev–Trinajstić information content (AvgIpc) is 2.03. The molecule has 1 saturated heterocycles. The van der Waals surface area contributed by atoms with E-state index in [2.05, 4.69) is 5.32 Å². The van der Waals surface area contributed by atoms with E-state index in [9.17, 15) is 9.18 Å². The van der Waals surface area contributed by atoms with Crippen molar-refractivity contribution in [3.8, 4) is 0 Å². The quantitative estimate of drug-likeness (QED) is 0.667. The highest BCUT2D eigenvalue weighted by Crippen LogP contribution is 2.20. The smallest absolute Gasteiger partial charge is 0.303 e. The summed E-state index contributed by atoms with van der Waals surface area (Å²) in [4.78, 5) is 10.2. The molecule has 2 N–H and O–H groups in total. The van der Waals surface area contributed by atoms with Crippen LogP contribution < -0.4 is 5.32 Å². The van der Waals surface area contributed by atoms with Crippen molar-refractivity contribution in [1.82, 2.24) is 5.32 Å². The maximum atomic E-state index is 13.0. The first kappa shape index (κ1) is 9.45. The van der Waals surface area contributed by atoms with Gasteiger partial charge in [-0.25, -0.2) is 4.39 Å². The predicted octanol–water partition coefficient (Wildman–Crippen LogP) is 0.799. The Kier molecular flexibility index (Phi) is 3.47. The molecular weight excluding hydrogens is 161 g/mol. The van der Waals surface area contributed by atoms with E-state index in [1.54, 1.807) is 0 Å². The Balaban J connectivity index is 2.24. The van der Waals surface area contributed by atoms with E-state index in [0.29, 0.717) is 13.0 Å². The predicted molar refractivity (Wildman–Crippen MR) is 42.7 cm³/mol. The molecular formula is C8H14FNO2. The molecule has 12 heavy (non-hydrogen) atoms. The fourth-order valence-electron chi connectivity index (χ4n) is 1.51. The molecule has 0 saturated carbocycles. The van der Waals surface area contributed by atoms with Crippen molar-refractivity contribution in [2.24, 2.45) is 5.92 Å². The molecule has 0 radical (unpaired) electrons. The molecule has 0 bridgehead atoms. The van der Waals surface area contributed by atoms with Crippen LogP contribution in [0.4, 0.5) is 4.39 Å². The molecule has 1 aliphatic rings. The minimum Gasteiger partial charge on any atom is -0.481 e. The van der Waals surface area contributed by atoms with Crippen molar-refractivity contribution in [3.05, 3.63) is 0 Å². The molecule has 2 atom stereocenters. The van der Waals surface area contributed by atoms with Crippen molar-refractivity contribution in [2.75, 3.05) is 13.1 Å². The van der Waals surface area contributed by atoms with Gasteiger partial charge in [0, 0.05) is 13.0 Å². The summed E-state index contributed by atoms with van der Waals surface area (Å²) in [6, 6.07) is 0.